The zero-order chi connectivity index (χ0) is 21.6. The molecule has 0 aromatic heterocycles. The molecule has 2 aromatic rings. The molecule has 0 spiro atoms. The van der Waals surface area contributed by atoms with E-state index in [4.69, 9.17) is 4.74 Å². The molecular formula is C23H28N2O4S. The van der Waals surface area contributed by atoms with Crippen LogP contribution in [0.1, 0.15) is 35.7 Å². The highest BCUT2D eigenvalue weighted by Crippen LogP contribution is 2.09. The molecule has 0 aliphatic heterocycles. The highest BCUT2D eigenvalue weighted by Gasteiger charge is 2.22. The highest BCUT2D eigenvalue weighted by atomic mass is 32.2. The summed E-state index contributed by atoms with van der Waals surface area (Å²) < 4.78 is 5.39. The third-order valence-corrected chi connectivity index (χ3v) is 5.36. The highest BCUT2D eigenvalue weighted by molar-refractivity contribution is 7.99. The van der Waals surface area contributed by atoms with Crippen LogP contribution in [-0.4, -0.2) is 41.9 Å². The Kier molecular flexibility index (Phi) is 10.5. The molecule has 0 unspecified atom stereocenters. The molecule has 2 rings (SSSR count). The lowest BCUT2D eigenvalue weighted by Crippen LogP contribution is -2.47. The Morgan fingerprint density at radius 3 is 2.33 bits per heavy atom. The fraction of sp³-hybridized carbons (Fsp3) is 0.348. The molecule has 0 radical (unpaired) electrons. The zero-order valence-corrected chi connectivity index (χ0v) is 18.0. The van der Waals surface area contributed by atoms with Crippen molar-refractivity contribution in [2.75, 3.05) is 18.1 Å². The van der Waals surface area contributed by atoms with Crippen molar-refractivity contribution in [1.29, 1.82) is 0 Å². The van der Waals surface area contributed by atoms with Crippen LogP contribution in [0.2, 0.25) is 0 Å². The average Bonchev–Trinajstić information content (AvgIpc) is 2.79. The lowest BCUT2D eigenvalue weighted by atomic mass is 10.2. The van der Waals surface area contributed by atoms with Crippen LogP contribution in [0.15, 0.2) is 60.7 Å². The lowest BCUT2D eigenvalue weighted by Gasteiger charge is -2.18. The maximum absolute atomic E-state index is 12.5. The zero-order valence-electron chi connectivity index (χ0n) is 17.1. The molecule has 0 heterocycles. The van der Waals surface area contributed by atoms with E-state index in [1.807, 2.05) is 36.4 Å². The molecule has 7 heteroatoms. The first-order valence-corrected chi connectivity index (χ1v) is 11.2. The van der Waals surface area contributed by atoms with E-state index in [-0.39, 0.29) is 19.1 Å². The second-order valence-electron chi connectivity index (χ2n) is 6.69. The van der Waals surface area contributed by atoms with E-state index in [9.17, 15) is 14.4 Å². The van der Waals surface area contributed by atoms with Crippen molar-refractivity contribution in [3.05, 3.63) is 71.8 Å². The predicted molar refractivity (Wildman–Crippen MR) is 119 cm³/mol. The normalized spacial score (nSPS) is 11.4. The van der Waals surface area contributed by atoms with Crippen molar-refractivity contribution >= 4 is 29.5 Å². The summed E-state index contributed by atoms with van der Waals surface area (Å²) in [5.41, 5.74) is 1.35. The summed E-state index contributed by atoms with van der Waals surface area (Å²) in [7, 11) is 0. The fourth-order valence-corrected chi connectivity index (χ4v) is 3.66. The SMILES string of the molecule is CCCCSC[C@H](NC(=O)CNC(=O)c1ccccc1)C(=O)OCc1ccccc1. The predicted octanol–water partition coefficient (Wildman–Crippen LogP) is 3.18. The number of carbonyl (C=O) groups is 3. The molecule has 0 aliphatic rings. The van der Waals surface area contributed by atoms with Crippen LogP contribution < -0.4 is 10.6 Å². The molecule has 0 bridgehead atoms. The molecule has 30 heavy (non-hydrogen) atoms. The van der Waals surface area contributed by atoms with Crippen LogP contribution >= 0.6 is 11.8 Å². The molecule has 0 saturated heterocycles. The molecule has 1 atom stereocenters. The van der Waals surface area contributed by atoms with Crippen LogP contribution in [0.3, 0.4) is 0 Å². The number of ether oxygens (including phenoxy) is 1. The largest absolute Gasteiger partial charge is 0.459 e. The lowest BCUT2D eigenvalue weighted by molar-refractivity contribution is -0.148. The number of amides is 2. The Morgan fingerprint density at radius 1 is 1.00 bits per heavy atom. The van der Waals surface area contributed by atoms with Gasteiger partial charge < -0.3 is 15.4 Å². The minimum atomic E-state index is -0.767. The van der Waals surface area contributed by atoms with E-state index in [0.29, 0.717) is 11.3 Å². The van der Waals surface area contributed by atoms with Crippen molar-refractivity contribution in [2.24, 2.45) is 0 Å². The van der Waals surface area contributed by atoms with E-state index >= 15 is 0 Å². The summed E-state index contributed by atoms with van der Waals surface area (Å²) >= 11 is 1.60. The molecule has 0 aliphatic carbocycles. The van der Waals surface area contributed by atoms with Gasteiger partial charge in [-0.2, -0.15) is 11.8 Å². The summed E-state index contributed by atoms with van der Waals surface area (Å²) in [4.78, 5) is 36.9. The Hall–Kier alpha value is -2.80. The van der Waals surface area contributed by atoms with Crippen LogP contribution in [0, 0.1) is 0 Å². The van der Waals surface area contributed by atoms with E-state index in [1.165, 1.54) is 0 Å². The Morgan fingerprint density at radius 2 is 1.67 bits per heavy atom. The van der Waals surface area contributed by atoms with Crippen molar-refractivity contribution in [3.8, 4) is 0 Å². The van der Waals surface area contributed by atoms with Crippen LogP contribution in [0.5, 0.6) is 0 Å². The maximum Gasteiger partial charge on any atom is 0.329 e. The van der Waals surface area contributed by atoms with E-state index < -0.39 is 17.9 Å². The average molecular weight is 429 g/mol. The number of nitrogens with one attached hydrogen (secondary N) is 2. The Bertz CT molecular complexity index is 799. The van der Waals surface area contributed by atoms with Gasteiger partial charge in [0.1, 0.15) is 12.6 Å². The van der Waals surface area contributed by atoms with Gasteiger partial charge in [-0.1, -0.05) is 61.9 Å². The summed E-state index contributed by atoms with van der Waals surface area (Å²) in [6.45, 7) is 2.04. The second kappa shape index (κ2) is 13.4. The van der Waals surface area contributed by atoms with E-state index in [0.717, 1.165) is 24.2 Å². The second-order valence-corrected chi connectivity index (χ2v) is 7.84. The van der Waals surface area contributed by atoms with Gasteiger partial charge in [0.2, 0.25) is 5.91 Å². The summed E-state index contributed by atoms with van der Waals surface area (Å²) in [5, 5.41) is 5.26. The number of unbranched alkanes of at least 4 members (excludes halogenated alkanes) is 1. The fourth-order valence-electron chi connectivity index (χ4n) is 2.54. The first-order chi connectivity index (χ1) is 14.6. The number of rotatable bonds is 12. The standard InChI is InChI=1S/C23H28N2O4S/c1-2-3-14-30-17-20(23(28)29-16-18-10-6-4-7-11-18)25-21(26)15-24-22(27)19-12-8-5-9-13-19/h4-13,20H,2-3,14-17H2,1H3,(H,24,27)(H,25,26)/t20-/m0/s1. The monoisotopic (exact) mass is 428 g/mol. The van der Waals surface area contributed by atoms with Gasteiger partial charge in [-0.25, -0.2) is 4.79 Å². The van der Waals surface area contributed by atoms with Gasteiger partial charge in [-0.05, 0) is 29.9 Å². The quantitative estimate of drug-likeness (QED) is 0.401. The number of carbonyl (C=O) groups excluding carboxylic acids is 3. The van der Waals surface area contributed by atoms with Gasteiger partial charge in [0.15, 0.2) is 0 Å². The van der Waals surface area contributed by atoms with Gasteiger partial charge in [-0.15, -0.1) is 0 Å². The molecule has 2 amide bonds. The van der Waals surface area contributed by atoms with Crippen LogP contribution in [-0.2, 0) is 20.9 Å². The van der Waals surface area contributed by atoms with E-state index in [2.05, 4.69) is 17.6 Å². The van der Waals surface area contributed by atoms with Gasteiger partial charge in [0, 0.05) is 11.3 Å². The number of thioether (sulfide) groups is 1. The Labute approximate surface area is 181 Å². The Balaban J connectivity index is 1.86. The number of benzene rings is 2. The van der Waals surface area contributed by atoms with Gasteiger partial charge in [0.05, 0.1) is 6.54 Å². The minimum absolute atomic E-state index is 0.149. The molecule has 160 valence electrons. The molecule has 0 fully saturated rings. The summed E-state index contributed by atoms with van der Waals surface area (Å²) in [6.07, 6.45) is 2.10. The van der Waals surface area contributed by atoms with Crippen LogP contribution in [0.25, 0.3) is 0 Å². The van der Waals surface area contributed by atoms with Crippen LogP contribution in [0.4, 0.5) is 0 Å². The minimum Gasteiger partial charge on any atom is -0.459 e. The number of esters is 1. The van der Waals surface area contributed by atoms with Crippen molar-refractivity contribution in [2.45, 2.75) is 32.4 Å². The molecular weight excluding hydrogens is 400 g/mol. The summed E-state index contributed by atoms with van der Waals surface area (Å²) in [6, 6.07) is 17.3. The third kappa shape index (κ3) is 8.69. The molecule has 6 nitrogen and oxygen atoms in total. The molecule has 0 saturated carbocycles. The maximum atomic E-state index is 12.5. The van der Waals surface area contributed by atoms with Crippen molar-refractivity contribution < 1.29 is 19.1 Å². The number of hydrogen-bond donors (Lipinski definition) is 2. The van der Waals surface area contributed by atoms with Gasteiger partial charge in [0.25, 0.3) is 5.91 Å². The topological polar surface area (TPSA) is 84.5 Å². The first-order valence-electron chi connectivity index (χ1n) is 10.0. The third-order valence-electron chi connectivity index (χ3n) is 4.22. The molecule has 2 N–H and O–H groups in total. The first kappa shape index (κ1) is 23.5. The van der Waals surface area contributed by atoms with Gasteiger partial charge >= 0.3 is 5.97 Å². The van der Waals surface area contributed by atoms with Crippen molar-refractivity contribution in [1.82, 2.24) is 10.6 Å². The smallest absolute Gasteiger partial charge is 0.329 e. The van der Waals surface area contributed by atoms with E-state index in [1.54, 1.807) is 36.0 Å². The summed E-state index contributed by atoms with van der Waals surface area (Å²) in [5.74, 6) is 0.0693. The molecule has 2 aromatic carbocycles. The van der Waals surface area contributed by atoms with Gasteiger partial charge in [-0.3, -0.25) is 9.59 Å². The van der Waals surface area contributed by atoms with Crippen molar-refractivity contribution in [3.63, 3.8) is 0 Å². The number of hydrogen-bond acceptors (Lipinski definition) is 5.